The van der Waals surface area contributed by atoms with Crippen molar-refractivity contribution in [3.05, 3.63) is 28.5 Å². The van der Waals surface area contributed by atoms with Crippen LogP contribution in [-0.2, 0) is 9.53 Å². The molecule has 0 radical (unpaired) electrons. The zero-order valence-corrected chi connectivity index (χ0v) is 11.5. The third-order valence-corrected chi connectivity index (χ3v) is 3.27. The molecule has 18 heavy (non-hydrogen) atoms. The quantitative estimate of drug-likeness (QED) is 0.740. The molecule has 0 aliphatic carbocycles. The van der Waals surface area contributed by atoms with E-state index in [2.05, 4.69) is 5.32 Å². The molecule has 1 rings (SSSR count). The number of hydrogen-bond acceptors (Lipinski definition) is 4. The molecule has 100 valence electrons. The van der Waals surface area contributed by atoms with Gasteiger partial charge in [-0.2, -0.15) is 0 Å². The van der Waals surface area contributed by atoms with Gasteiger partial charge in [-0.1, -0.05) is 6.07 Å². The Labute approximate surface area is 111 Å². The molecule has 1 aromatic rings. The molecule has 1 atom stereocenters. The molecule has 4 nitrogen and oxygen atoms in total. The predicted octanol–water partition coefficient (Wildman–Crippen LogP) is 1.66. The Morgan fingerprint density at radius 3 is 3.06 bits per heavy atom. The second kappa shape index (κ2) is 7.31. The Balaban J connectivity index is 2.32. The minimum Gasteiger partial charge on any atom is -0.388 e. The average Bonchev–Trinajstić information content (AvgIpc) is 2.84. The van der Waals surface area contributed by atoms with Crippen molar-refractivity contribution in [1.29, 1.82) is 0 Å². The van der Waals surface area contributed by atoms with Crippen molar-refractivity contribution in [2.45, 2.75) is 18.9 Å². The first kappa shape index (κ1) is 14.9. The zero-order valence-electron chi connectivity index (χ0n) is 10.7. The van der Waals surface area contributed by atoms with E-state index in [1.165, 1.54) is 6.08 Å². The minimum absolute atomic E-state index is 0.207. The summed E-state index contributed by atoms with van der Waals surface area (Å²) < 4.78 is 4.90. The van der Waals surface area contributed by atoms with Gasteiger partial charge in [-0.25, -0.2) is 0 Å². The summed E-state index contributed by atoms with van der Waals surface area (Å²) in [5.41, 5.74) is -0.942. The monoisotopic (exact) mass is 269 g/mol. The SMILES string of the molecule is COCCC(C)(O)CNC(=O)/C=C/c1cccs1. The van der Waals surface area contributed by atoms with E-state index in [0.717, 1.165) is 4.88 Å². The number of ether oxygens (including phenoxy) is 1. The van der Waals surface area contributed by atoms with Gasteiger partial charge in [0.1, 0.15) is 0 Å². The summed E-state index contributed by atoms with van der Waals surface area (Å²) in [7, 11) is 1.58. The van der Waals surface area contributed by atoms with Crippen LogP contribution in [-0.4, -0.2) is 36.9 Å². The van der Waals surface area contributed by atoms with Gasteiger partial charge in [0.15, 0.2) is 0 Å². The molecule has 0 aliphatic rings. The maximum atomic E-state index is 11.5. The topological polar surface area (TPSA) is 58.6 Å². The molecule has 0 aromatic carbocycles. The van der Waals surface area contributed by atoms with Gasteiger partial charge in [0.05, 0.1) is 5.60 Å². The third-order valence-electron chi connectivity index (χ3n) is 2.43. The first-order valence-corrected chi connectivity index (χ1v) is 6.62. The lowest BCUT2D eigenvalue weighted by Crippen LogP contribution is -2.40. The molecule has 1 unspecified atom stereocenters. The number of methoxy groups -OCH3 is 1. The number of nitrogens with one attached hydrogen (secondary N) is 1. The van der Waals surface area contributed by atoms with E-state index in [9.17, 15) is 9.90 Å². The number of hydrogen-bond donors (Lipinski definition) is 2. The highest BCUT2D eigenvalue weighted by Gasteiger charge is 2.20. The lowest BCUT2D eigenvalue weighted by Gasteiger charge is -2.22. The Kier molecular flexibility index (Phi) is 6.04. The highest BCUT2D eigenvalue weighted by atomic mass is 32.1. The standard InChI is InChI=1S/C13H19NO3S/c1-13(16,7-8-17-2)10-14-12(15)6-5-11-4-3-9-18-11/h3-6,9,16H,7-8,10H2,1-2H3,(H,14,15)/b6-5+. The molecule has 0 fully saturated rings. The molecule has 0 aliphatic heterocycles. The molecule has 0 saturated heterocycles. The van der Waals surface area contributed by atoms with E-state index in [0.29, 0.717) is 13.0 Å². The van der Waals surface area contributed by atoms with Crippen molar-refractivity contribution < 1.29 is 14.6 Å². The van der Waals surface area contributed by atoms with Crippen LogP contribution in [0.15, 0.2) is 23.6 Å². The number of rotatable bonds is 7. The highest BCUT2D eigenvalue weighted by Crippen LogP contribution is 2.10. The molecule has 2 N–H and O–H groups in total. The first-order chi connectivity index (χ1) is 8.53. The maximum Gasteiger partial charge on any atom is 0.244 e. The summed E-state index contributed by atoms with van der Waals surface area (Å²) >= 11 is 1.57. The Bertz CT molecular complexity index is 385. The van der Waals surface area contributed by atoms with Gasteiger partial charge in [-0.15, -0.1) is 11.3 Å². The summed E-state index contributed by atoms with van der Waals surface area (Å²) in [5, 5.41) is 14.5. The van der Waals surface area contributed by atoms with Crippen LogP contribution in [0.2, 0.25) is 0 Å². The highest BCUT2D eigenvalue weighted by molar-refractivity contribution is 7.10. The summed E-state index contributed by atoms with van der Waals surface area (Å²) in [5.74, 6) is -0.207. The van der Waals surface area contributed by atoms with Crippen LogP contribution in [0.3, 0.4) is 0 Å². The molecule has 0 spiro atoms. The van der Waals surface area contributed by atoms with Gasteiger partial charge in [0.25, 0.3) is 0 Å². The fourth-order valence-corrected chi connectivity index (χ4v) is 1.91. The zero-order chi connectivity index (χ0) is 13.4. The van der Waals surface area contributed by atoms with Gasteiger partial charge >= 0.3 is 0 Å². The van der Waals surface area contributed by atoms with Crippen LogP contribution in [0.5, 0.6) is 0 Å². The molecule has 0 saturated carbocycles. The fraction of sp³-hybridized carbons (Fsp3) is 0.462. The molecular formula is C13H19NO3S. The minimum atomic E-state index is -0.942. The lowest BCUT2D eigenvalue weighted by atomic mass is 10.0. The van der Waals surface area contributed by atoms with E-state index in [1.54, 1.807) is 31.4 Å². The molecule has 1 amide bonds. The van der Waals surface area contributed by atoms with Gasteiger partial charge in [-0.05, 0) is 24.4 Å². The van der Waals surface area contributed by atoms with Crippen LogP contribution in [0, 0.1) is 0 Å². The summed E-state index contributed by atoms with van der Waals surface area (Å²) in [6.07, 6.45) is 3.71. The molecule has 1 heterocycles. The molecule has 5 heteroatoms. The summed E-state index contributed by atoms with van der Waals surface area (Å²) in [6, 6.07) is 3.86. The van der Waals surface area contributed by atoms with Gasteiger partial charge in [0.2, 0.25) is 5.91 Å². The van der Waals surface area contributed by atoms with Crippen molar-refractivity contribution in [2.24, 2.45) is 0 Å². The molecular weight excluding hydrogens is 250 g/mol. The maximum absolute atomic E-state index is 11.5. The smallest absolute Gasteiger partial charge is 0.244 e. The Hall–Kier alpha value is -1.17. The van der Waals surface area contributed by atoms with Crippen LogP contribution in [0.4, 0.5) is 0 Å². The lowest BCUT2D eigenvalue weighted by molar-refractivity contribution is -0.117. The molecule has 1 aromatic heterocycles. The molecule has 0 bridgehead atoms. The van der Waals surface area contributed by atoms with Crippen molar-refractivity contribution in [1.82, 2.24) is 5.32 Å². The second-order valence-electron chi connectivity index (χ2n) is 4.31. The van der Waals surface area contributed by atoms with Crippen molar-refractivity contribution >= 4 is 23.3 Å². The summed E-state index contributed by atoms with van der Waals surface area (Å²) in [4.78, 5) is 12.5. The van der Waals surface area contributed by atoms with Crippen molar-refractivity contribution in [2.75, 3.05) is 20.3 Å². The number of amides is 1. The van der Waals surface area contributed by atoms with E-state index in [1.807, 2.05) is 17.5 Å². The Morgan fingerprint density at radius 1 is 1.67 bits per heavy atom. The largest absolute Gasteiger partial charge is 0.388 e. The van der Waals surface area contributed by atoms with E-state index in [4.69, 9.17) is 4.74 Å². The predicted molar refractivity (Wildman–Crippen MR) is 73.5 cm³/mol. The normalized spacial score (nSPS) is 14.6. The van der Waals surface area contributed by atoms with Crippen LogP contribution in [0.25, 0.3) is 6.08 Å². The first-order valence-electron chi connectivity index (χ1n) is 5.74. The number of thiophene rings is 1. The summed E-state index contributed by atoms with van der Waals surface area (Å²) in [6.45, 7) is 2.35. The van der Waals surface area contributed by atoms with Crippen molar-refractivity contribution in [3.8, 4) is 0 Å². The van der Waals surface area contributed by atoms with Gasteiger partial charge in [0, 0.05) is 37.6 Å². The van der Waals surface area contributed by atoms with Gasteiger partial charge < -0.3 is 15.2 Å². The van der Waals surface area contributed by atoms with E-state index in [-0.39, 0.29) is 12.5 Å². The average molecular weight is 269 g/mol. The number of carbonyl (C=O) groups excluding carboxylic acids is 1. The van der Waals surface area contributed by atoms with Gasteiger partial charge in [-0.3, -0.25) is 4.79 Å². The van der Waals surface area contributed by atoms with Crippen molar-refractivity contribution in [3.63, 3.8) is 0 Å². The van der Waals surface area contributed by atoms with E-state index < -0.39 is 5.60 Å². The number of aliphatic hydroxyl groups is 1. The van der Waals surface area contributed by atoms with E-state index >= 15 is 0 Å². The van der Waals surface area contributed by atoms with Crippen LogP contribution in [0.1, 0.15) is 18.2 Å². The third kappa shape index (κ3) is 5.95. The van der Waals surface area contributed by atoms with Crippen LogP contribution < -0.4 is 5.32 Å². The van der Waals surface area contributed by atoms with Crippen LogP contribution >= 0.6 is 11.3 Å². The number of carbonyl (C=O) groups is 1. The Morgan fingerprint density at radius 2 is 2.44 bits per heavy atom. The second-order valence-corrected chi connectivity index (χ2v) is 5.29. The fourth-order valence-electron chi connectivity index (χ4n) is 1.29.